The molecular formula is C41H34N4O6. The van der Waals surface area contributed by atoms with Gasteiger partial charge in [0.1, 0.15) is 5.35 Å². The van der Waals surface area contributed by atoms with E-state index in [-0.39, 0.29) is 22.9 Å². The molecule has 4 heterocycles. The largest absolute Gasteiger partial charge is 0.494 e. The summed E-state index contributed by atoms with van der Waals surface area (Å²) in [6.45, 7) is 14.9. The summed E-state index contributed by atoms with van der Waals surface area (Å²) >= 11 is 0. The minimum absolute atomic E-state index is 0.0103. The molecular weight excluding hydrogens is 644 g/mol. The van der Waals surface area contributed by atoms with Crippen molar-refractivity contribution in [3.05, 3.63) is 138 Å². The summed E-state index contributed by atoms with van der Waals surface area (Å²) in [5.74, 6) is -2.08. The molecule has 0 amide bonds. The summed E-state index contributed by atoms with van der Waals surface area (Å²) in [7, 11) is 0. The molecule has 10 heteroatoms. The van der Waals surface area contributed by atoms with Crippen molar-refractivity contribution >= 4 is 41.3 Å². The number of benzene rings is 2. The molecule has 0 saturated carbocycles. The molecule has 0 unspecified atom stereocenters. The molecule has 0 bridgehead atoms. The number of aromatic amines is 4. The quantitative estimate of drug-likeness (QED) is 0.134. The van der Waals surface area contributed by atoms with E-state index in [1.54, 1.807) is 62.4 Å². The van der Waals surface area contributed by atoms with Crippen molar-refractivity contribution in [1.82, 2.24) is 19.9 Å². The molecule has 6 aromatic rings. The van der Waals surface area contributed by atoms with Crippen molar-refractivity contribution in [1.29, 1.82) is 0 Å². The van der Waals surface area contributed by atoms with E-state index >= 15 is 0 Å². The fourth-order valence-corrected chi connectivity index (χ4v) is 6.29. The number of hydrogen-bond donors (Lipinski definition) is 8. The molecule has 0 aliphatic rings. The zero-order chi connectivity index (χ0) is 36.7. The summed E-state index contributed by atoms with van der Waals surface area (Å²) < 4.78 is 0. The van der Waals surface area contributed by atoms with Crippen LogP contribution in [0, 0.1) is 27.7 Å². The highest BCUT2D eigenvalue weighted by Crippen LogP contribution is 2.32. The van der Waals surface area contributed by atoms with Gasteiger partial charge in [-0.3, -0.25) is 0 Å². The maximum atomic E-state index is 11.7. The number of rotatable bonds is 6. The number of aromatic carboxylic acids is 2. The third-order valence-corrected chi connectivity index (χ3v) is 9.09. The van der Waals surface area contributed by atoms with E-state index in [4.69, 9.17) is 0 Å². The van der Waals surface area contributed by atoms with E-state index in [1.807, 2.05) is 26.0 Å². The Morgan fingerprint density at radius 2 is 1.10 bits per heavy atom. The van der Waals surface area contributed by atoms with Crippen molar-refractivity contribution in [2.75, 3.05) is 0 Å². The van der Waals surface area contributed by atoms with E-state index in [0.29, 0.717) is 54.3 Å². The molecule has 0 aliphatic carbocycles. The zero-order valence-electron chi connectivity index (χ0n) is 28.3. The van der Waals surface area contributed by atoms with Gasteiger partial charge in [-0.2, -0.15) is 0 Å². The van der Waals surface area contributed by atoms with Crippen LogP contribution in [-0.4, -0.2) is 52.3 Å². The number of H-pyrrole nitrogens is 4. The Labute approximate surface area is 290 Å². The maximum absolute atomic E-state index is 11.7. The molecule has 0 radical (unpaired) electrons. The summed E-state index contributed by atoms with van der Waals surface area (Å²) in [4.78, 5) is 36.2. The smallest absolute Gasteiger partial charge is 0.335 e. The van der Waals surface area contributed by atoms with Gasteiger partial charge in [-0.1, -0.05) is 43.2 Å². The molecule has 254 valence electrons. The summed E-state index contributed by atoms with van der Waals surface area (Å²) in [5, 5.41) is 43.4. The topological polar surface area (TPSA) is 178 Å². The number of carboxylic acid groups (broad SMARTS) is 2. The second kappa shape index (κ2) is 13.1. The lowest BCUT2D eigenvalue weighted by Crippen LogP contribution is -2.24. The lowest BCUT2D eigenvalue weighted by Gasteiger charge is -2.05. The van der Waals surface area contributed by atoms with Crippen molar-refractivity contribution in [3.63, 3.8) is 0 Å². The second-order valence-electron chi connectivity index (χ2n) is 12.1. The molecule has 51 heavy (non-hydrogen) atoms. The minimum Gasteiger partial charge on any atom is -0.494 e. The van der Waals surface area contributed by atoms with Crippen LogP contribution < -0.4 is 31.8 Å². The average Bonchev–Trinajstić information content (AvgIpc) is 3.76. The van der Waals surface area contributed by atoms with Gasteiger partial charge in [0.15, 0.2) is 11.8 Å². The van der Waals surface area contributed by atoms with Gasteiger partial charge in [-0.05, 0) is 86.4 Å². The van der Waals surface area contributed by atoms with E-state index in [0.717, 1.165) is 33.4 Å². The van der Waals surface area contributed by atoms with Gasteiger partial charge < -0.3 is 40.4 Å². The zero-order valence-corrected chi connectivity index (χ0v) is 28.3. The second-order valence-corrected chi connectivity index (χ2v) is 12.1. The van der Waals surface area contributed by atoms with Crippen LogP contribution in [-0.2, 0) is 0 Å². The third kappa shape index (κ3) is 6.06. The van der Waals surface area contributed by atoms with E-state index < -0.39 is 11.9 Å². The van der Waals surface area contributed by atoms with Gasteiger partial charge >= 0.3 is 11.9 Å². The van der Waals surface area contributed by atoms with Crippen LogP contribution in [0.3, 0.4) is 0 Å². The fourth-order valence-electron chi connectivity index (χ4n) is 6.29. The Hall–Kier alpha value is -7.08. The first-order chi connectivity index (χ1) is 24.3. The first kappa shape index (κ1) is 33.8. The SMILES string of the molecule is C=C=c1c(C)c(O)[nH]c1=C=c1[nH]c(=Cc2[nH]c(C=c3[nH]c(O)c(C)c3=C=C)c(C)c2-c2ccc(C(=O)O)cc2)c(-c2ccc(C(=O)O)cc2)c1C. The Balaban J connectivity index is 1.73. The number of hydrogen-bond acceptors (Lipinski definition) is 4. The first-order valence-corrected chi connectivity index (χ1v) is 15.8. The highest BCUT2D eigenvalue weighted by atomic mass is 16.4. The summed E-state index contributed by atoms with van der Waals surface area (Å²) in [6, 6.07) is 13.2. The van der Waals surface area contributed by atoms with Crippen LogP contribution in [0.15, 0.2) is 61.7 Å². The number of nitrogens with one attached hydrogen (secondary N) is 4. The Morgan fingerprint density at radius 1 is 0.588 bits per heavy atom. The van der Waals surface area contributed by atoms with Crippen LogP contribution in [0.2, 0.25) is 0 Å². The molecule has 2 aromatic carbocycles. The number of aromatic hydroxyl groups is 2. The lowest BCUT2D eigenvalue weighted by molar-refractivity contribution is 0.0686. The van der Waals surface area contributed by atoms with Crippen molar-refractivity contribution in [2.45, 2.75) is 27.7 Å². The van der Waals surface area contributed by atoms with Gasteiger partial charge in [0.2, 0.25) is 0 Å². The average molecular weight is 679 g/mol. The van der Waals surface area contributed by atoms with Crippen molar-refractivity contribution in [3.8, 4) is 34.0 Å². The molecule has 8 N–H and O–H groups in total. The maximum Gasteiger partial charge on any atom is 0.335 e. The van der Waals surface area contributed by atoms with Crippen LogP contribution in [0.5, 0.6) is 11.8 Å². The Kier molecular flexibility index (Phi) is 8.67. The van der Waals surface area contributed by atoms with Crippen molar-refractivity contribution in [2.24, 2.45) is 0 Å². The van der Waals surface area contributed by atoms with Gasteiger partial charge in [-0.15, -0.1) is 11.5 Å². The molecule has 4 aromatic heterocycles. The van der Waals surface area contributed by atoms with E-state index in [2.05, 4.69) is 50.3 Å². The minimum atomic E-state index is -1.04. The van der Waals surface area contributed by atoms with Crippen LogP contribution in [0.1, 0.15) is 54.4 Å². The van der Waals surface area contributed by atoms with Crippen LogP contribution in [0.25, 0.3) is 51.6 Å². The first-order valence-electron chi connectivity index (χ1n) is 15.8. The Bertz CT molecular complexity index is 2850. The van der Waals surface area contributed by atoms with Gasteiger partial charge in [0.25, 0.3) is 0 Å². The van der Waals surface area contributed by atoms with E-state index in [9.17, 15) is 30.0 Å². The molecule has 0 aliphatic heterocycles. The van der Waals surface area contributed by atoms with Gasteiger partial charge in [0, 0.05) is 44.2 Å². The Morgan fingerprint density at radius 3 is 1.65 bits per heavy atom. The molecule has 10 nitrogen and oxygen atoms in total. The van der Waals surface area contributed by atoms with Gasteiger partial charge in [0.05, 0.1) is 27.0 Å². The molecule has 6 rings (SSSR count). The normalized spacial score (nSPS) is 11.8. The molecule has 0 fully saturated rings. The van der Waals surface area contributed by atoms with Crippen molar-refractivity contribution < 1.29 is 30.0 Å². The standard InChI is InChI=1S/C41H34N4O6/c1-7-28-20(3)38(46)44-32(28)17-30-22(5)36(24-9-13-26(14-10-24)40(48)49)34(42-30)19-35-37(25-11-15-27(16-12-25)41(50)51)23(6)31(43-35)18-33-29(8-2)21(4)39(47)45-33/h9-17,19,42-47H,1-2H2,3-6H3,(H,48,49)(H,50,51). The lowest BCUT2D eigenvalue weighted by atomic mass is 9.98. The van der Waals surface area contributed by atoms with Crippen LogP contribution in [0.4, 0.5) is 0 Å². The predicted molar refractivity (Wildman–Crippen MR) is 196 cm³/mol. The number of carbonyl (C=O) groups is 2. The highest BCUT2D eigenvalue weighted by Gasteiger charge is 2.17. The molecule has 0 atom stereocenters. The van der Waals surface area contributed by atoms with Crippen LogP contribution >= 0.6 is 0 Å². The number of aromatic nitrogens is 4. The monoisotopic (exact) mass is 678 g/mol. The van der Waals surface area contributed by atoms with Gasteiger partial charge in [-0.25, -0.2) is 9.59 Å². The van der Waals surface area contributed by atoms with E-state index in [1.165, 1.54) is 0 Å². The summed E-state index contributed by atoms with van der Waals surface area (Å²) in [6.07, 6.45) is 3.78. The summed E-state index contributed by atoms with van der Waals surface area (Å²) in [5.41, 5.74) is 16.7. The number of carboxylic acids is 2. The highest BCUT2D eigenvalue weighted by molar-refractivity contribution is 5.90. The fraction of sp³-hybridized carbons (Fsp3) is 0.0976. The third-order valence-electron chi connectivity index (χ3n) is 9.09. The molecule has 0 saturated heterocycles. The molecule has 0 spiro atoms. The predicted octanol–water partition coefficient (Wildman–Crippen LogP) is 2.91.